The molecular formula is C17H29NO. The van der Waals surface area contributed by atoms with Gasteiger partial charge in [0.15, 0.2) is 0 Å². The van der Waals surface area contributed by atoms with Crippen molar-refractivity contribution in [1.82, 2.24) is 5.32 Å². The van der Waals surface area contributed by atoms with Crippen LogP contribution >= 0.6 is 0 Å². The first-order valence-electron chi connectivity index (χ1n) is 7.29. The lowest BCUT2D eigenvalue weighted by molar-refractivity contribution is 0.149. The Kier molecular flexibility index (Phi) is 6.53. The van der Waals surface area contributed by atoms with Gasteiger partial charge in [-0.25, -0.2) is 0 Å². The molecular weight excluding hydrogens is 234 g/mol. The highest BCUT2D eigenvalue weighted by molar-refractivity contribution is 5.38. The van der Waals surface area contributed by atoms with Gasteiger partial charge in [-0.2, -0.15) is 0 Å². The molecule has 0 amide bonds. The van der Waals surface area contributed by atoms with Gasteiger partial charge in [0.2, 0.25) is 0 Å². The molecule has 0 saturated heterocycles. The average molecular weight is 263 g/mol. The molecule has 0 bridgehead atoms. The summed E-state index contributed by atoms with van der Waals surface area (Å²) in [6.45, 7) is 12.8. The van der Waals surface area contributed by atoms with Crippen LogP contribution in [0.3, 0.4) is 0 Å². The van der Waals surface area contributed by atoms with Crippen molar-refractivity contribution in [3.05, 3.63) is 34.4 Å². The molecule has 0 fully saturated rings. The minimum Gasteiger partial charge on any atom is -0.384 e. The summed E-state index contributed by atoms with van der Waals surface area (Å²) in [5.41, 5.74) is 5.58. The molecule has 19 heavy (non-hydrogen) atoms. The van der Waals surface area contributed by atoms with E-state index in [-0.39, 0.29) is 0 Å². The molecule has 0 aromatic heterocycles. The largest absolute Gasteiger partial charge is 0.384 e. The molecule has 2 heteroatoms. The number of benzene rings is 1. The molecule has 0 radical (unpaired) electrons. The van der Waals surface area contributed by atoms with Gasteiger partial charge >= 0.3 is 0 Å². The Morgan fingerprint density at radius 2 is 1.74 bits per heavy atom. The van der Waals surface area contributed by atoms with E-state index in [1.165, 1.54) is 22.3 Å². The van der Waals surface area contributed by atoms with E-state index >= 15 is 0 Å². The molecule has 1 rings (SSSR count). The zero-order valence-electron chi connectivity index (χ0n) is 13.3. The number of ether oxygens (including phenoxy) is 1. The summed E-state index contributed by atoms with van der Waals surface area (Å²) in [4.78, 5) is 0. The minimum absolute atomic E-state index is 0.425. The first-order chi connectivity index (χ1) is 8.99. The Morgan fingerprint density at radius 3 is 2.32 bits per heavy atom. The van der Waals surface area contributed by atoms with Crippen LogP contribution in [0.25, 0.3) is 0 Å². The molecule has 0 aliphatic carbocycles. The van der Waals surface area contributed by atoms with Crippen LogP contribution < -0.4 is 5.32 Å². The number of hydrogen-bond acceptors (Lipinski definition) is 2. The number of methoxy groups -OCH3 is 1. The summed E-state index contributed by atoms with van der Waals surface area (Å²) >= 11 is 0. The molecule has 1 aromatic rings. The predicted octanol–water partition coefficient (Wildman–Crippen LogP) is 3.94. The van der Waals surface area contributed by atoms with Crippen molar-refractivity contribution in [2.45, 2.75) is 47.1 Å². The van der Waals surface area contributed by atoms with Crippen molar-refractivity contribution in [3.8, 4) is 0 Å². The normalized spacial score (nSPS) is 14.4. The second kappa shape index (κ2) is 7.66. The maximum Gasteiger partial charge on any atom is 0.0488 e. The number of hydrogen-bond donors (Lipinski definition) is 1. The van der Waals surface area contributed by atoms with Gasteiger partial charge in [-0.3, -0.25) is 0 Å². The van der Waals surface area contributed by atoms with Crippen LogP contribution in [0.4, 0.5) is 0 Å². The topological polar surface area (TPSA) is 21.3 Å². The third-order valence-corrected chi connectivity index (χ3v) is 3.80. The minimum atomic E-state index is 0.425. The van der Waals surface area contributed by atoms with Gasteiger partial charge < -0.3 is 10.1 Å². The smallest absolute Gasteiger partial charge is 0.0488 e. The molecule has 0 heterocycles. The van der Waals surface area contributed by atoms with E-state index in [2.05, 4.69) is 52.1 Å². The van der Waals surface area contributed by atoms with Gasteiger partial charge in [0.25, 0.3) is 0 Å². The van der Waals surface area contributed by atoms with E-state index in [1.807, 2.05) is 0 Å². The first-order valence-corrected chi connectivity index (χ1v) is 7.29. The fraction of sp³-hybridized carbons (Fsp3) is 0.647. The number of rotatable bonds is 7. The third-order valence-electron chi connectivity index (χ3n) is 3.80. The Bertz CT molecular complexity index is 400. The van der Waals surface area contributed by atoms with Gasteiger partial charge in [-0.15, -0.1) is 0 Å². The van der Waals surface area contributed by atoms with Crippen LogP contribution in [0.5, 0.6) is 0 Å². The van der Waals surface area contributed by atoms with Crippen LogP contribution in [-0.4, -0.2) is 20.3 Å². The van der Waals surface area contributed by atoms with E-state index < -0.39 is 0 Å². The quantitative estimate of drug-likeness (QED) is 0.804. The summed E-state index contributed by atoms with van der Waals surface area (Å²) in [6.07, 6.45) is 1.12. The molecule has 0 aliphatic rings. The van der Waals surface area contributed by atoms with Gasteiger partial charge in [-0.1, -0.05) is 26.0 Å². The Labute approximate surface area is 118 Å². The van der Waals surface area contributed by atoms with Gasteiger partial charge in [0.1, 0.15) is 0 Å². The van der Waals surface area contributed by atoms with E-state index in [0.717, 1.165) is 19.6 Å². The summed E-state index contributed by atoms with van der Waals surface area (Å²) in [6, 6.07) is 5.07. The summed E-state index contributed by atoms with van der Waals surface area (Å²) in [5, 5.41) is 3.62. The van der Waals surface area contributed by atoms with E-state index in [9.17, 15) is 0 Å². The first kappa shape index (κ1) is 16.2. The monoisotopic (exact) mass is 263 g/mol. The molecule has 108 valence electrons. The third kappa shape index (κ3) is 4.63. The van der Waals surface area contributed by atoms with Crippen LogP contribution in [0.15, 0.2) is 12.1 Å². The summed E-state index contributed by atoms with van der Waals surface area (Å²) in [5.74, 6) is 0.565. The molecule has 2 nitrogen and oxygen atoms in total. The van der Waals surface area contributed by atoms with E-state index in [0.29, 0.717) is 12.0 Å². The van der Waals surface area contributed by atoms with Crippen molar-refractivity contribution in [1.29, 1.82) is 0 Å². The SMILES string of the molecule is CCNC(CC(C)COC)c1cc(C)c(C)cc1C. The zero-order chi connectivity index (χ0) is 14.4. The maximum atomic E-state index is 5.26. The van der Waals surface area contributed by atoms with Crippen LogP contribution in [0.1, 0.15) is 48.6 Å². The fourth-order valence-electron chi connectivity index (χ4n) is 2.68. The highest BCUT2D eigenvalue weighted by atomic mass is 16.5. The van der Waals surface area contributed by atoms with Gasteiger partial charge in [-0.05, 0) is 61.9 Å². The van der Waals surface area contributed by atoms with Crippen molar-refractivity contribution < 1.29 is 4.74 Å². The molecule has 0 spiro atoms. The fourth-order valence-corrected chi connectivity index (χ4v) is 2.68. The van der Waals surface area contributed by atoms with Gasteiger partial charge in [0, 0.05) is 19.8 Å². The molecule has 1 N–H and O–H groups in total. The molecule has 0 aliphatic heterocycles. The van der Waals surface area contributed by atoms with Crippen molar-refractivity contribution in [2.75, 3.05) is 20.3 Å². The average Bonchev–Trinajstić information content (AvgIpc) is 2.33. The Hall–Kier alpha value is -0.860. The van der Waals surface area contributed by atoms with Crippen molar-refractivity contribution >= 4 is 0 Å². The molecule has 1 aromatic carbocycles. The maximum absolute atomic E-state index is 5.26. The number of nitrogens with one attached hydrogen (secondary N) is 1. The molecule has 0 saturated carbocycles. The lowest BCUT2D eigenvalue weighted by atomic mass is 9.90. The van der Waals surface area contributed by atoms with Crippen molar-refractivity contribution in [3.63, 3.8) is 0 Å². The van der Waals surface area contributed by atoms with E-state index in [4.69, 9.17) is 4.74 Å². The van der Waals surface area contributed by atoms with Crippen molar-refractivity contribution in [2.24, 2.45) is 5.92 Å². The second-order valence-electron chi connectivity index (χ2n) is 5.70. The number of aryl methyl sites for hydroxylation is 3. The molecule has 2 unspecified atom stereocenters. The highest BCUT2D eigenvalue weighted by Gasteiger charge is 2.17. The van der Waals surface area contributed by atoms with Gasteiger partial charge in [0.05, 0.1) is 0 Å². The highest BCUT2D eigenvalue weighted by Crippen LogP contribution is 2.26. The van der Waals surface area contributed by atoms with E-state index in [1.54, 1.807) is 7.11 Å². The van der Waals surface area contributed by atoms with Crippen LogP contribution in [-0.2, 0) is 4.74 Å². The Balaban J connectivity index is 2.95. The molecule has 2 atom stereocenters. The Morgan fingerprint density at radius 1 is 1.11 bits per heavy atom. The predicted molar refractivity (Wildman–Crippen MR) is 82.7 cm³/mol. The second-order valence-corrected chi connectivity index (χ2v) is 5.70. The zero-order valence-corrected chi connectivity index (χ0v) is 13.3. The summed E-state index contributed by atoms with van der Waals surface area (Å²) in [7, 11) is 1.78. The lowest BCUT2D eigenvalue weighted by Gasteiger charge is -2.24. The standard InChI is InChI=1S/C17H29NO/c1-7-18-17(8-12(2)11-19-6)16-10-14(4)13(3)9-15(16)5/h9-10,12,17-18H,7-8,11H2,1-6H3. The lowest BCUT2D eigenvalue weighted by Crippen LogP contribution is -2.25. The van der Waals surface area contributed by atoms with Crippen LogP contribution in [0, 0.1) is 26.7 Å². The summed E-state index contributed by atoms with van der Waals surface area (Å²) < 4.78 is 5.26. The van der Waals surface area contributed by atoms with Crippen LogP contribution in [0.2, 0.25) is 0 Å².